The van der Waals surface area contributed by atoms with Gasteiger partial charge in [0, 0.05) is 31.2 Å². The number of aromatic nitrogens is 2. The number of ether oxygens (including phenoxy) is 3. The zero-order valence-corrected chi connectivity index (χ0v) is 19.7. The maximum atomic E-state index is 13.4. The van der Waals surface area contributed by atoms with E-state index < -0.39 is 0 Å². The first-order valence-corrected chi connectivity index (χ1v) is 12.3. The molecule has 1 amide bonds. The molecule has 0 aliphatic carbocycles. The van der Waals surface area contributed by atoms with Crippen LogP contribution in [0.2, 0.25) is 0 Å². The number of aryl methyl sites for hydroxylation is 1. The van der Waals surface area contributed by atoms with Crippen LogP contribution in [0.5, 0.6) is 11.5 Å². The van der Waals surface area contributed by atoms with Gasteiger partial charge >= 0.3 is 0 Å². The second-order valence-electron chi connectivity index (χ2n) is 8.06. The lowest BCUT2D eigenvalue weighted by molar-refractivity contribution is 0.0541. The Bertz CT molecular complexity index is 906. The first-order chi connectivity index (χ1) is 15.7. The van der Waals surface area contributed by atoms with Crippen LogP contribution in [0, 0.1) is 0 Å². The Morgan fingerprint density at radius 3 is 3.00 bits per heavy atom. The summed E-state index contributed by atoms with van der Waals surface area (Å²) in [6, 6.07) is 6.37. The van der Waals surface area contributed by atoms with Crippen molar-refractivity contribution in [3.05, 3.63) is 34.3 Å². The number of benzene rings is 1. The highest BCUT2D eigenvalue weighted by atomic mass is 32.1. The van der Waals surface area contributed by atoms with Gasteiger partial charge in [-0.05, 0) is 50.3 Å². The van der Waals surface area contributed by atoms with Gasteiger partial charge in [0.15, 0.2) is 11.5 Å². The van der Waals surface area contributed by atoms with Crippen molar-refractivity contribution in [2.24, 2.45) is 0 Å². The van der Waals surface area contributed by atoms with E-state index in [1.54, 1.807) is 0 Å². The molecule has 0 saturated carbocycles. The Labute approximate surface area is 193 Å². The van der Waals surface area contributed by atoms with Crippen LogP contribution in [0.3, 0.4) is 0 Å². The zero-order valence-electron chi connectivity index (χ0n) is 18.9. The molecule has 174 valence electrons. The van der Waals surface area contributed by atoms with Gasteiger partial charge in [0.05, 0.1) is 25.5 Å². The number of amides is 1. The summed E-state index contributed by atoms with van der Waals surface area (Å²) in [5, 5.41) is 4.13. The third kappa shape index (κ3) is 5.22. The van der Waals surface area contributed by atoms with Crippen LogP contribution in [0.4, 0.5) is 0 Å². The number of nitrogens with zero attached hydrogens (tertiary/aromatic N) is 4. The van der Waals surface area contributed by atoms with E-state index in [4.69, 9.17) is 14.2 Å². The molecule has 0 spiro atoms. The number of carbonyl (C=O) groups excluding carboxylic acids is 1. The predicted octanol–water partition coefficient (Wildman–Crippen LogP) is 3.02. The predicted molar refractivity (Wildman–Crippen MR) is 123 cm³/mol. The minimum Gasteiger partial charge on any atom is -0.490 e. The molecule has 2 aliphatic rings. The first-order valence-electron chi connectivity index (χ1n) is 11.5. The maximum Gasteiger partial charge on any atom is 0.267 e. The molecular formula is C23H32N4O4S. The van der Waals surface area contributed by atoms with Crippen molar-refractivity contribution in [1.29, 1.82) is 0 Å². The number of rotatable bonds is 4. The quantitative estimate of drug-likeness (QED) is 0.694. The van der Waals surface area contributed by atoms with Crippen molar-refractivity contribution in [2.45, 2.75) is 45.7 Å². The second kappa shape index (κ2) is 11.1. The van der Waals surface area contributed by atoms with E-state index >= 15 is 0 Å². The average Bonchev–Trinajstić information content (AvgIpc) is 3.45. The Balaban J connectivity index is 1.58. The highest BCUT2D eigenvalue weighted by molar-refractivity contribution is 7.08. The number of hydrogen-bond donors (Lipinski definition) is 0. The fourth-order valence-electron chi connectivity index (χ4n) is 4.40. The largest absolute Gasteiger partial charge is 0.490 e. The molecule has 1 atom stereocenters. The van der Waals surface area contributed by atoms with Crippen molar-refractivity contribution in [3.8, 4) is 11.5 Å². The van der Waals surface area contributed by atoms with E-state index in [9.17, 15) is 4.79 Å². The Morgan fingerprint density at radius 1 is 1.25 bits per heavy atom. The summed E-state index contributed by atoms with van der Waals surface area (Å²) in [5.41, 5.74) is 1.89. The minimum atomic E-state index is 0.0115. The lowest BCUT2D eigenvalue weighted by Crippen LogP contribution is -2.44. The van der Waals surface area contributed by atoms with Gasteiger partial charge in [-0.25, -0.2) is 0 Å². The number of hydrogen-bond acceptors (Lipinski definition) is 8. The molecular weight excluding hydrogens is 428 g/mol. The number of carbonyl (C=O) groups is 1. The van der Waals surface area contributed by atoms with E-state index in [0.717, 1.165) is 48.7 Å². The van der Waals surface area contributed by atoms with E-state index in [1.165, 1.54) is 11.5 Å². The molecule has 1 aromatic carbocycles. The highest BCUT2D eigenvalue weighted by Gasteiger charge is 2.31. The van der Waals surface area contributed by atoms with E-state index in [1.807, 2.05) is 30.9 Å². The zero-order chi connectivity index (χ0) is 22.3. The Hall–Kier alpha value is -2.23. The van der Waals surface area contributed by atoms with Crippen molar-refractivity contribution >= 4 is 17.4 Å². The van der Waals surface area contributed by atoms with Gasteiger partial charge in [0.25, 0.3) is 5.91 Å². The number of para-hydroxylation sites is 1. The molecule has 2 aromatic rings. The molecule has 4 rings (SSSR count). The molecule has 0 unspecified atom stereocenters. The van der Waals surface area contributed by atoms with Crippen LogP contribution in [0.15, 0.2) is 18.2 Å². The van der Waals surface area contributed by atoms with Crippen molar-refractivity contribution in [3.63, 3.8) is 0 Å². The standard InChI is InChI=1S/C23H32N4O4S/c1-3-19-22(32-25-24-19)23(28)27-11-12-29-13-14-31-21-17(7-5-9-20(21)30-4-2)15-26-10-6-8-18(26)16-27/h5,7,9,18H,3-4,6,8,10-16H2,1-2H3/t18-/m0/s1. The van der Waals surface area contributed by atoms with Gasteiger partial charge in [-0.15, -0.1) is 5.10 Å². The maximum absolute atomic E-state index is 13.4. The molecule has 1 saturated heterocycles. The Morgan fingerprint density at radius 2 is 2.16 bits per heavy atom. The molecule has 9 heteroatoms. The second-order valence-corrected chi connectivity index (χ2v) is 8.81. The first kappa shape index (κ1) is 22.9. The van der Waals surface area contributed by atoms with Gasteiger partial charge in [0.1, 0.15) is 11.5 Å². The molecule has 0 bridgehead atoms. The lowest BCUT2D eigenvalue weighted by atomic mass is 10.1. The normalized spacial score (nSPS) is 20.3. The summed E-state index contributed by atoms with van der Waals surface area (Å²) in [5.74, 6) is 1.59. The fraction of sp³-hybridized carbons (Fsp3) is 0.609. The Kier molecular flexibility index (Phi) is 7.94. The topological polar surface area (TPSA) is 77.0 Å². The molecule has 2 aliphatic heterocycles. The van der Waals surface area contributed by atoms with Crippen LogP contribution in [0.1, 0.15) is 47.6 Å². The summed E-state index contributed by atoms with van der Waals surface area (Å²) in [6.45, 7) is 8.92. The van der Waals surface area contributed by atoms with Crippen LogP contribution >= 0.6 is 11.5 Å². The summed E-state index contributed by atoms with van der Waals surface area (Å²) in [6.07, 6.45) is 2.88. The van der Waals surface area contributed by atoms with Crippen LogP contribution in [-0.4, -0.2) is 77.4 Å². The molecule has 1 fully saturated rings. The summed E-state index contributed by atoms with van der Waals surface area (Å²) >= 11 is 1.19. The molecule has 8 nitrogen and oxygen atoms in total. The van der Waals surface area contributed by atoms with Crippen LogP contribution < -0.4 is 9.47 Å². The smallest absolute Gasteiger partial charge is 0.267 e. The molecule has 3 heterocycles. The number of fused-ring (bicyclic) bond motifs is 2. The van der Waals surface area contributed by atoms with E-state index in [-0.39, 0.29) is 11.9 Å². The summed E-state index contributed by atoms with van der Waals surface area (Å²) < 4.78 is 21.8. The van der Waals surface area contributed by atoms with E-state index in [0.29, 0.717) is 50.8 Å². The van der Waals surface area contributed by atoms with Gasteiger partial charge in [-0.1, -0.05) is 23.5 Å². The third-order valence-corrected chi connectivity index (χ3v) is 6.77. The summed E-state index contributed by atoms with van der Waals surface area (Å²) in [4.78, 5) is 18.4. The van der Waals surface area contributed by atoms with E-state index in [2.05, 4.69) is 20.6 Å². The fourth-order valence-corrected chi connectivity index (χ4v) is 5.12. The van der Waals surface area contributed by atoms with Gasteiger partial charge in [0.2, 0.25) is 0 Å². The average molecular weight is 461 g/mol. The molecule has 1 aromatic heterocycles. The van der Waals surface area contributed by atoms with Crippen LogP contribution in [-0.2, 0) is 17.7 Å². The molecule has 0 radical (unpaired) electrons. The van der Waals surface area contributed by atoms with Crippen molar-refractivity contribution < 1.29 is 19.0 Å². The highest BCUT2D eigenvalue weighted by Crippen LogP contribution is 2.34. The third-order valence-electron chi connectivity index (χ3n) is 6.02. The van der Waals surface area contributed by atoms with Crippen molar-refractivity contribution in [2.75, 3.05) is 46.1 Å². The van der Waals surface area contributed by atoms with Gasteiger partial charge in [-0.3, -0.25) is 9.69 Å². The van der Waals surface area contributed by atoms with Crippen molar-refractivity contribution in [1.82, 2.24) is 19.4 Å². The SMILES string of the molecule is CCOc1cccc2c1OCCOCCN(C(=O)c1snnc1CC)C[C@@H]1CCCN1C2. The monoisotopic (exact) mass is 460 g/mol. The van der Waals surface area contributed by atoms with Gasteiger partial charge in [-0.2, -0.15) is 0 Å². The summed E-state index contributed by atoms with van der Waals surface area (Å²) in [7, 11) is 0. The van der Waals surface area contributed by atoms with Gasteiger partial charge < -0.3 is 19.1 Å². The van der Waals surface area contributed by atoms with Crippen LogP contribution in [0.25, 0.3) is 0 Å². The minimum absolute atomic E-state index is 0.0115. The molecule has 32 heavy (non-hydrogen) atoms. The lowest BCUT2D eigenvalue weighted by Gasteiger charge is -2.31. The molecule has 0 N–H and O–H groups in total.